The van der Waals surface area contributed by atoms with Crippen molar-refractivity contribution in [3.05, 3.63) is 218 Å². The Bertz CT molecular complexity index is 3990. The number of aliphatic imine (C=N–C) groups is 1. The SMILES string of the molecule is Cl.Cl.NC(N)=NCCc1cn(S(=O)(=O)c2ccc3ccccc3c2)c2ccc(-c3cccc4ccccc34)cc12.NCCc1cn(S(=O)(=O)c2ccccc2)c2ccc(-c3cccc4ccccc34)cc12. The van der Waals surface area contributed by atoms with E-state index in [1.165, 1.54) is 18.7 Å². The highest BCUT2D eigenvalue weighted by molar-refractivity contribution is 7.90. The third-order valence-electron chi connectivity index (χ3n) is 12.6. The second kappa shape index (κ2) is 20.9. The van der Waals surface area contributed by atoms with Crippen LogP contribution >= 0.6 is 24.8 Å². The number of hydrogen-bond donors (Lipinski definition) is 3. The zero-order valence-electron chi connectivity index (χ0n) is 38.3. The predicted molar refractivity (Wildman–Crippen MR) is 297 cm³/mol. The molecule has 358 valence electrons. The van der Waals surface area contributed by atoms with Gasteiger partial charge >= 0.3 is 0 Å². The van der Waals surface area contributed by atoms with Crippen LogP contribution in [0, 0.1) is 0 Å². The monoisotopic (exact) mass is 1020 g/mol. The first-order valence-corrected chi connectivity index (χ1v) is 25.4. The zero-order chi connectivity index (χ0) is 47.7. The fraction of sp³-hybridized carbons (Fsp3) is 0.0702. The lowest BCUT2D eigenvalue weighted by molar-refractivity contribution is 0.587. The third-order valence-corrected chi connectivity index (χ3v) is 15.9. The fourth-order valence-corrected chi connectivity index (χ4v) is 12.1. The lowest BCUT2D eigenvalue weighted by Crippen LogP contribution is -2.23. The van der Waals surface area contributed by atoms with Crippen molar-refractivity contribution >= 4 is 105 Å². The van der Waals surface area contributed by atoms with E-state index in [2.05, 4.69) is 65.7 Å². The molecule has 10 nitrogen and oxygen atoms in total. The molecule has 11 rings (SSSR count). The Morgan fingerprint density at radius 3 is 1.44 bits per heavy atom. The summed E-state index contributed by atoms with van der Waals surface area (Å²) in [5.41, 5.74) is 24.3. The molecule has 2 heterocycles. The molecule has 0 radical (unpaired) electrons. The summed E-state index contributed by atoms with van der Waals surface area (Å²) in [7, 11) is -7.56. The van der Waals surface area contributed by atoms with Crippen molar-refractivity contribution in [1.82, 2.24) is 7.94 Å². The van der Waals surface area contributed by atoms with Crippen LogP contribution in [-0.4, -0.2) is 43.8 Å². The maximum atomic E-state index is 13.9. The molecule has 2 aromatic heterocycles. The number of halogens is 2. The summed E-state index contributed by atoms with van der Waals surface area (Å²) >= 11 is 0. The molecule has 9 aromatic carbocycles. The van der Waals surface area contributed by atoms with E-state index in [4.69, 9.17) is 17.2 Å². The molecule has 14 heteroatoms. The molecule has 0 bridgehead atoms. The smallest absolute Gasteiger partial charge is 0.268 e. The molecule has 0 aliphatic rings. The van der Waals surface area contributed by atoms with E-state index >= 15 is 0 Å². The number of benzene rings is 9. The molecule has 71 heavy (non-hydrogen) atoms. The van der Waals surface area contributed by atoms with Gasteiger partial charge < -0.3 is 17.2 Å². The zero-order valence-corrected chi connectivity index (χ0v) is 41.6. The third kappa shape index (κ3) is 9.73. The summed E-state index contributed by atoms with van der Waals surface area (Å²) in [5.74, 6) is 0.00830. The fourth-order valence-electron chi connectivity index (χ4n) is 9.23. The minimum atomic E-state index is -3.86. The van der Waals surface area contributed by atoms with E-state index in [0.717, 1.165) is 65.7 Å². The van der Waals surface area contributed by atoms with Gasteiger partial charge in [0, 0.05) is 29.7 Å². The molecule has 0 aliphatic heterocycles. The number of aromatic nitrogens is 2. The number of nitrogens with two attached hydrogens (primary N) is 3. The van der Waals surface area contributed by atoms with E-state index in [9.17, 15) is 16.8 Å². The molecule has 11 aromatic rings. The van der Waals surface area contributed by atoms with Crippen molar-refractivity contribution in [3.8, 4) is 22.3 Å². The first-order valence-electron chi connectivity index (χ1n) is 22.6. The number of nitrogens with zero attached hydrogens (tertiary/aromatic N) is 3. The van der Waals surface area contributed by atoms with E-state index in [1.807, 2.05) is 97.1 Å². The number of guanidine groups is 1. The predicted octanol–water partition coefficient (Wildman–Crippen LogP) is 11.7. The highest BCUT2D eigenvalue weighted by atomic mass is 35.5. The van der Waals surface area contributed by atoms with E-state index < -0.39 is 20.0 Å². The van der Waals surface area contributed by atoms with Crippen LogP contribution in [0.15, 0.2) is 221 Å². The Balaban J connectivity index is 0.000000189. The van der Waals surface area contributed by atoms with Crippen LogP contribution in [0.4, 0.5) is 0 Å². The van der Waals surface area contributed by atoms with Gasteiger partial charge in [-0.15, -0.1) is 24.8 Å². The molecule has 0 fully saturated rings. The number of rotatable bonds is 11. The van der Waals surface area contributed by atoms with Gasteiger partial charge in [-0.05, 0) is 134 Å². The van der Waals surface area contributed by atoms with E-state index in [0.29, 0.717) is 37.0 Å². The quantitative estimate of drug-likeness (QED) is 0.0856. The van der Waals surface area contributed by atoms with Crippen molar-refractivity contribution in [1.29, 1.82) is 0 Å². The molecule has 0 spiro atoms. The molecular weight excluding hydrogens is 968 g/mol. The van der Waals surface area contributed by atoms with Crippen molar-refractivity contribution in [3.63, 3.8) is 0 Å². The number of hydrogen-bond acceptors (Lipinski definition) is 6. The van der Waals surface area contributed by atoms with Crippen molar-refractivity contribution < 1.29 is 16.8 Å². The number of fused-ring (bicyclic) bond motifs is 5. The molecule has 0 amide bonds. The Labute approximate surface area is 425 Å². The van der Waals surface area contributed by atoms with Crippen LogP contribution in [0.5, 0.6) is 0 Å². The van der Waals surface area contributed by atoms with Crippen LogP contribution in [0.2, 0.25) is 0 Å². The van der Waals surface area contributed by atoms with E-state index in [-0.39, 0.29) is 40.6 Å². The Kier molecular flexibility index (Phi) is 14.7. The van der Waals surface area contributed by atoms with Gasteiger partial charge in [0.2, 0.25) is 0 Å². The van der Waals surface area contributed by atoms with Gasteiger partial charge in [-0.3, -0.25) is 4.99 Å². The Hall–Kier alpha value is -7.45. The van der Waals surface area contributed by atoms with Gasteiger partial charge in [0.05, 0.1) is 20.8 Å². The van der Waals surface area contributed by atoms with Gasteiger partial charge in [-0.25, -0.2) is 24.8 Å². The van der Waals surface area contributed by atoms with Crippen molar-refractivity contribution in [2.45, 2.75) is 22.6 Å². The lowest BCUT2D eigenvalue weighted by Gasteiger charge is -2.10. The Morgan fingerprint density at radius 1 is 0.437 bits per heavy atom. The molecule has 0 aliphatic carbocycles. The topological polar surface area (TPSA) is 169 Å². The Morgan fingerprint density at radius 2 is 0.901 bits per heavy atom. The molecule has 6 N–H and O–H groups in total. The van der Waals surface area contributed by atoms with Crippen LogP contribution < -0.4 is 17.2 Å². The summed E-state index contributed by atoms with van der Waals surface area (Å²) in [6.07, 6.45) is 4.51. The summed E-state index contributed by atoms with van der Waals surface area (Å²) in [4.78, 5) is 4.63. The van der Waals surface area contributed by atoms with Gasteiger partial charge in [0.1, 0.15) is 0 Å². The van der Waals surface area contributed by atoms with Gasteiger partial charge in [0.15, 0.2) is 5.96 Å². The van der Waals surface area contributed by atoms with Crippen LogP contribution in [0.1, 0.15) is 11.1 Å². The molecule has 0 atom stereocenters. The minimum Gasteiger partial charge on any atom is -0.370 e. The maximum absolute atomic E-state index is 13.9. The summed E-state index contributed by atoms with van der Waals surface area (Å²) in [6.45, 7) is 0.805. The van der Waals surface area contributed by atoms with Gasteiger partial charge in [-0.2, -0.15) is 0 Å². The van der Waals surface area contributed by atoms with Gasteiger partial charge in [-0.1, -0.05) is 146 Å². The van der Waals surface area contributed by atoms with Crippen LogP contribution in [0.3, 0.4) is 0 Å². The normalized spacial score (nSPS) is 11.5. The van der Waals surface area contributed by atoms with Crippen molar-refractivity contribution in [2.75, 3.05) is 13.1 Å². The molecule has 0 saturated carbocycles. The molecule has 0 saturated heterocycles. The first-order chi connectivity index (χ1) is 33.5. The first kappa shape index (κ1) is 50.0. The lowest BCUT2D eigenvalue weighted by atomic mass is 9.96. The average Bonchev–Trinajstić information content (AvgIpc) is 3.94. The second-order valence-corrected chi connectivity index (χ2v) is 20.5. The van der Waals surface area contributed by atoms with E-state index in [1.54, 1.807) is 48.8 Å². The van der Waals surface area contributed by atoms with Crippen molar-refractivity contribution in [2.24, 2.45) is 22.2 Å². The summed E-state index contributed by atoms with van der Waals surface area (Å²) < 4.78 is 57.2. The average molecular weight is 1020 g/mol. The largest absolute Gasteiger partial charge is 0.370 e. The molecular formula is C57H50Cl2N6O4S2. The molecule has 0 unspecified atom stereocenters. The van der Waals surface area contributed by atoms with Crippen LogP contribution in [0.25, 0.3) is 76.4 Å². The highest BCUT2D eigenvalue weighted by Gasteiger charge is 2.24. The highest BCUT2D eigenvalue weighted by Crippen LogP contribution is 2.36. The van der Waals surface area contributed by atoms with Crippen LogP contribution in [-0.2, 0) is 32.9 Å². The standard InChI is InChI=1S/C31H26N4O2S.C26H22N2O2S.2ClH/c32-31(33)34-17-16-25-20-35(38(36,37)26-14-12-21-6-1-2-8-23(21)18-26)30-15-13-24(19-29(25)30)28-11-5-9-22-7-3-4-10-27(22)28;27-16-15-21-18-28(31(29,30)22-9-2-1-3-10-22)26-14-13-20(17-25(21)26)24-12-6-8-19-7-4-5-11-23(19)24;;/h1-15,18-20H,16-17H2,(H4,32,33,34);1-14,17-18H,15-16,27H2;2*1H. The second-order valence-electron chi connectivity index (χ2n) is 16.8. The van der Waals surface area contributed by atoms with Gasteiger partial charge in [0.25, 0.3) is 20.0 Å². The maximum Gasteiger partial charge on any atom is 0.268 e. The minimum absolute atomic E-state index is 0. The summed E-state index contributed by atoms with van der Waals surface area (Å²) in [6, 6.07) is 62.3. The summed E-state index contributed by atoms with van der Waals surface area (Å²) in [5, 5.41) is 8.25.